The predicted molar refractivity (Wildman–Crippen MR) is 180 cm³/mol. The summed E-state index contributed by atoms with van der Waals surface area (Å²) in [6, 6.07) is -3.31. The molecule has 0 aromatic rings. The third-order valence-electron chi connectivity index (χ3n) is 11.0. The Morgan fingerprint density at radius 1 is 0.368 bits per heavy atom. The molecule has 5 rings (SSSR count). The molecule has 25 atom stereocenters. The Morgan fingerprint density at radius 3 is 1.12 bits per heavy atom. The zero-order chi connectivity index (χ0) is 42.0. The third kappa shape index (κ3) is 9.53. The van der Waals surface area contributed by atoms with Crippen LogP contribution in [0.3, 0.4) is 0 Å². The maximum atomic E-state index is 11.7. The van der Waals surface area contributed by atoms with Gasteiger partial charge in [-0.05, 0) is 34.6 Å². The quantitative estimate of drug-likeness (QED) is 0.0724. The van der Waals surface area contributed by atoms with E-state index in [1.165, 1.54) is 34.6 Å². The lowest BCUT2D eigenvalue weighted by Crippen LogP contribution is -2.69. The van der Waals surface area contributed by atoms with E-state index >= 15 is 0 Å². The van der Waals surface area contributed by atoms with Crippen molar-refractivity contribution < 1.29 is 103 Å². The van der Waals surface area contributed by atoms with Gasteiger partial charge in [0.05, 0.1) is 48.6 Å². The minimum atomic E-state index is -1.84. The van der Waals surface area contributed by atoms with Crippen molar-refractivity contribution in [2.24, 2.45) is 0 Å². The van der Waals surface area contributed by atoms with Crippen LogP contribution in [0.25, 0.3) is 0 Å². The number of aliphatic hydroxyl groups excluding tert-OH is 9. The standard InChI is InChI=1S/C33H55N3O21/c1-9-15(35-7-38)20(43)25(29(48)49-9)54-32-28(23(46)18(41)12(4)52-32)57-31-26(21(44)16(36-8-39)11(3)51-31)56-33-27(22(45)17(40)13(5)53-33)55-30-24(47)19(42)14(34-6-37)10(2)50-30/h6-33,40-48H,1-5H3,(H,34,37)(H,35,38)(H,36,39)/t9-,10-,11-,12-,13-,14-,15-,16-,17-,18-,19+,20+,21+,22+,23+,24+,25+,26+,27+,28+,29+,30-,31-,32-,33-/m1/s1. The van der Waals surface area contributed by atoms with Crippen LogP contribution >= 0.6 is 0 Å². The molecule has 24 nitrogen and oxygen atoms in total. The van der Waals surface area contributed by atoms with Crippen LogP contribution in [0.1, 0.15) is 34.6 Å². The molecule has 0 radical (unpaired) electrons. The molecule has 0 aromatic carbocycles. The maximum Gasteiger partial charge on any atom is 0.207 e. The monoisotopic (exact) mass is 829 g/mol. The zero-order valence-electron chi connectivity index (χ0n) is 31.6. The Kier molecular flexibility index (Phi) is 15.6. The van der Waals surface area contributed by atoms with Gasteiger partial charge in [-0.1, -0.05) is 0 Å². The molecule has 328 valence electrons. The molecule has 0 aromatic heterocycles. The van der Waals surface area contributed by atoms with Gasteiger partial charge in [0.2, 0.25) is 19.2 Å². The highest BCUT2D eigenvalue weighted by atomic mass is 16.8. The molecule has 12 N–H and O–H groups in total. The number of hydrogen-bond acceptors (Lipinski definition) is 21. The second-order valence-corrected chi connectivity index (χ2v) is 14.8. The second kappa shape index (κ2) is 19.4. The Morgan fingerprint density at radius 2 is 0.684 bits per heavy atom. The molecule has 0 saturated carbocycles. The Labute approximate surface area is 326 Å². The van der Waals surface area contributed by atoms with Crippen LogP contribution in [0, 0.1) is 0 Å². The number of nitrogens with one attached hydrogen (secondary N) is 3. The van der Waals surface area contributed by atoms with Crippen molar-refractivity contribution in [3.8, 4) is 0 Å². The number of hydrogen-bond donors (Lipinski definition) is 12. The van der Waals surface area contributed by atoms with Crippen molar-refractivity contribution in [3.63, 3.8) is 0 Å². The molecule has 5 aliphatic heterocycles. The average molecular weight is 830 g/mol. The van der Waals surface area contributed by atoms with Crippen LogP contribution in [0.2, 0.25) is 0 Å². The van der Waals surface area contributed by atoms with Crippen LogP contribution in [0.5, 0.6) is 0 Å². The van der Waals surface area contributed by atoms with Gasteiger partial charge in [0.15, 0.2) is 31.5 Å². The molecule has 5 saturated heterocycles. The number of aliphatic hydroxyl groups is 9. The van der Waals surface area contributed by atoms with E-state index in [9.17, 15) is 60.3 Å². The summed E-state index contributed by atoms with van der Waals surface area (Å²) in [5.41, 5.74) is 0. The Hall–Kier alpha value is -2.31. The molecule has 5 heterocycles. The first-order valence-corrected chi connectivity index (χ1v) is 18.6. The molecule has 0 bridgehead atoms. The van der Waals surface area contributed by atoms with Gasteiger partial charge in [-0.25, -0.2) is 0 Å². The minimum Gasteiger partial charge on any atom is -0.388 e. The van der Waals surface area contributed by atoms with Crippen molar-refractivity contribution >= 4 is 19.2 Å². The fourth-order valence-electron chi connectivity index (χ4n) is 7.66. The minimum absolute atomic E-state index is 0.287. The van der Waals surface area contributed by atoms with E-state index in [0.29, 0.717) is 12.8 Å². The van der Waals surface area contributed by atoms with Crippen molar-refractivity contribution in [2.45, 2.75) is 188 Å². The normalized spacial score (nSPS) is 52.0. The molecule has 0 aliphatic carbocycles. The molecular formula is C33H55N3O21. The second-order valence-electron chi connectivity index (χ2n) is 14.8. The van der Waals surface area contributed by atoms with E-state index < -0.39 is 153 Å². The van der Waals surface area contributed by atoms with Crippen LogP contribution in [0.15, 0.2) is 0 Å². The van der Waals surface area contributed by atoms with Gasteiger partial charge in [0, 0.05) is 0 Å². The molecule has 5 fully saturated rings. The third-order valence-corrected chi connectivity index (χ3v) is 11.0. The number of ether oxygens (including phenoxy) is 9. The van der Waals surface area contributed by atoms with E-state index in [2.05, 4.69) is 16.0 Å². The highest BCUT2D eigenvalue weighted by molar-refractivity contribution is 5.48. The zero-order valence-corrected chi connectivity index (χ0v) is 31.6. The van der Waals surface area contributed by atoms with Crippen molar-refractivity contribution in [1.82, 2.24) is 16.0 Å². The van der Waals surface area contributed by atoms with Gasteiger partial charge in [-0.15, -0.1) is 0 Å². The topological polar surface area (TPSA) is 352 Å². The van der Waals surface area contributed by atoms with Crippen LogP contribution in [-0.2, 0) is 57.0 Å². The molecule has 3 amide bonds. The fourth-order valence-corrected chi connectivity index (χ4v) is 7.66. The van der Waals surface area contributed by atoms with E-state index in [-0.39, 0.29) is 6.41 Å². The number of rotatable bonds is 14. The van der Waals surface area contributed by atoms with Crippen LogP contribution in [-0.4, -0.2) is 219 Å². The maximum absolute atomic E-state index is 11.7. The van der Waals surface area contributed by atoms with Gasteiger partial charge < -0.3 is 105 Å². The highest BCUT2D eigenvalue weighted by Crippen LogP contribution is 2.36. The summed E-state index contributed by atoms with van der Waals surface area (Å²) in [5.74, 6) is 0. The van der Waals surface area contributed by atoms with Gasteiger partial charge in [0.25, 0.3) is 0 Å². The fraction of sp³-hybridized carbons (Fsp3) is 0.909. The first-order chi connectivity index (χ1) is 26.9. The summed E-state index contributed by atoms with van der Waals surface area (Å²) in [6.07, 6.45) is -33.5. The SMILES string of the molecule is C[C@H]1O[C@H](O[C@@H]2[C@@H](O[C@@H]3[C@@H](O[C@H]4[C@@H](O)[C@H](NC=O)[C@@H](C)O[C@@H]4O)O[C@H](C)[C@@H](O)[C@@H]3O)O[C@H](C)[C@@H](NC=O)[C@@H]2O)[C@@H](O[C@H]2O[C@H](C)[C@@H](NC=O)[C@H](O)[C@@H]2O)[C@@H](O)[C@@H]1O. The number of carbonyl (C=O) groups excluding carboxylic acids is 3. The van der Waals surface area contributed by atoms with E-state index in [1.54, 1.807) is 0 Å². The molecule has 0 unspecified atom stereocenters. The summed E-state index contributed by atoms with van der Waals surface area (Å²) in [6.45, 7) is 7.17. The first kappa shape index (κ1) is 45.8. The van der Waals surface area contributed by atoms with E-state index in [4.69, 9.17) is 42.6 Å². The average Bonchev–Trinajstić information content (AvgIpc) is 3.16. The van der Waals surface area contributed by atoms with Gasteiger partial charge >= 0.3 is 0 Å². The lowest BCUT2D eigenvalue weighted by Gasteiger charge is -2.50. The summed E-state index contributed by atoms with van der Waals surface area (Å²) in [5, 5.41) is 106. The smallest absolute Gasteiger partial charge is 0.207 e. The van der Waals surface area contributed by atoms with Crippen molar-refractivity contribution in [3.05, 3.63) is 0 Å². The van der Waals surface area contributed by atoms with Gasteiger partial charge in [0.1, 0.15) is 73.2 Å². The molecule has 0 spiro atoms. The predicted octanol–water partition coefficient (Wildman–Crippen LogP) is -7.53. The molecular weight excluding hydrogens is 774 g/mol. The largest absolute Gasteiger partial charge is 0.388 e. The van der Waals surface area contributed by atoms with Gasteiger partial charge in [-0.3, -0.25) is 14.4 Å². The van der Waals surface area contributed by atoms with Crippen LogP contribution < -0.4 is 16.0 Å². The molecule has 57 heavy (non-hydrogen) atoms. The Bertz CT molecular complexity index is 1330. The Balaban J connectivity index is 1.44. The van der Waals surface area contributed by atoms with Crippen molar-refractivity contribution in [2.75, 3.05) is 0 Å². The van der Waals surface area contributed by atoms with Gasteiger partial charge in [-0.2, -0.15) is 0 Å². The number of amides is 3. The van der Waals surface area contributed by atoms with Crippen LogP contribution in [0.4, 0.5) is 0 Å². The summed E-state index contributed by atoms with van der Waals surface area (Å²) < 4.78 is 52.9. The lowest BCUT2D eigenvalue weighted by molar-refractivity contribution is -0.402. The summed E-state index contributed by atoms with van der Waals surface area (Å²) >= 11 is 0. The molecule has 24 heteroatoms. The highest BCUT2D eigenvalue weighted by Gasteiger charge is 2.56. The summed E-state index contributed by atoms with van der Waals surface area (Å²) in [7, 11) is 0. The molecule has 5 aliphatic rings. The number of carbonyl (C=O) groups is 3. The first-order valence-electron chi connectivity index (χ1n) is 18.6. The van der Waals surface area contributed by atoms with E-state index in [1.807, 2.05) is 0 Å². The van der Waals surface area contributed by atoms with Crippen molar-refractivity contribution in [1.29, 1.82) is 0 Å². The lowest BCUT2D eigenvalue weighted by atomic mass is 9.94. The van der Waals surface area contributed by atoms with E-state index in [0.717, 1.165) is 0 Å². The summed E-state index contributed by atoms with van der Waals surface area (Å²) in [4.78, 5) is 33.9.